The molecule has 0 heterocycles. The van der Waals surface area contributed by atoms with Gasteiger partial charge in [0.15, 0.2) is 5.78 Å². The fourth-order valence-electron chi connectivity index (χ4n) is 2.17. The smallest absolute Gasteiger partial charge is 0.257 e. The summed E-state index contributed by atoms with van der Waals surface area (Å²) in [6.07, 6.45) is 0.494. The van der Waals surface area contributed by atoms with Crippen LogP contribution in [0.2, 0.25) is 0 Å². The highest BCUT2D eigenvalue weighted by atomic mass is 32.2. The van der Waals surface area contributed by atoms with E-state index in [4.69, 9.17) is 10.5 Å². The number of thiol groups is 1. The summed E-state index contributed by atoms with van der Waals surface area (Å²) >= 11 is 0. The number of carbonyl (C=O) groups is 1. The van der Waals surface area contributed by atoms with Gasteiger partial charge in [0.1, 0.15) is 0 Å². The van der Waals surface area contributed by atoms with E-state index >= 15 is 0 Å². The molecule has 6 nitrogen and oxygen atoms in total. The Morgan fingerprint density at radius 1 is 1.00 bits per heavy atom. The molecule has 0 saturated heterocycles. The van der Waals surface area contributed by atoms with Gasteiger partial charge in [-0.2, -0.15) is 0 Å². The summed E-state index contributed by atoms with van der Waals surface area (Å²) in [5.41, 5.74) is 7.92. The minimum Gasteiger partial charge on any atom is -0.377 e. The van der Waals surface area contributed by atoms with Crippen molar-refractivity contribution in [2.75, 3.05) is 13.2 Å². The van der Waals surface area contributed by atoms with Crippen LogP contribution in [0.1, 0.15) is 27.9 Å². The molecule has 2 N–H and O–H groups in total. The van der Waals surface area contributed by atoms with Crippen molar-refractivity contribution in [3.8, 4) is 0 Å². The fourth-order valence-corrected chi connectivity index (χ4v) is 2.49. The normalized spacial score (nSPS) is 12.2. The molecule has 0 aliphatic rings. The minimum atomic E-state index is -2.86. The number of hydrogen-bond acceptors (Lipinski definition) is 6. The first kappa shape index (κ1) is 19.3. The van der Waals surface area contributed by atoms with Crippen LogP contribution in [0.15, 0.2) is 54.6 Å². The lowest BCUT2D eigenvalue weighted by atomic mass is 10.0. The van der Waals surface area contributed by atoms with E-state index in [-0.39, 0.29) is 12.4 Å². The molecule has 134 valence electrons. The highest BCUT2D eigenvalue weighted by molar-refractivity contribution is 7.67. The lowest BCUT2D eigenvalue weighted by Gasteiger charge is -2.10. The lowest BCUT2D eigenvalue weighted by Crippen LogP contribution is -2.27. The lowest BCUT2D eigenvalue weighted by molar-refractivity contribution is 0.103. The highest BCUT2D eigenvalue weighted by Crippen LogP contribution is 2.12. The molecule has 25 heavy (non-hydrogen) atoms. The van der Waals surface area contributed by atoms with E-state index in [0.717, 1.165) is 5.56 Å². The van der Waals surface area contributed by atoms with Gasteiger partial charge < -0.3 is 10.5 Å². The molecule has 2 rings (SSSR count). The summed E-state index contributed by atoms with van der Waals surface area (Å²) in [6, 6.07) is 16.0. The molecule has 1 atom stereocenters. The van der Waals surface area contributed by atoms with Crippen LogP contribution in [-0.2, 0) is 26.5 Å². The topological polar surface area (TPSA) is 95.7 Å². The van der Waals surface area contributed by atoms with Crippen molar-refractivity contribution in [2.24, 2.45) is 5.73 Å². The molecule has 0 fully saturated rings. The SMILES string of the molecule is NC(CCOCc1ccc(C(=O)c2ccccc2)cc1)CO[SH](=O)=O. The molecule has 0 spiro atoms. The van der Waals surface area contributed by atoms with Crippen molar-refractivity contribution >= 4 is 16.8 Å². The van der Waals surface area contributed by atoms with E-state index < -0.39 is 17.0 Å². The summed E-state index contributed by atoms with van der Waals surface area (Å²) in [5, 5.41) is 0. The number of nitrogens with two attached hydrogens (primary N) is 1. The van der Waals surface area contributed by atoms with Gasteiger partial charge in [0.05, 0.1) is 13.2 Å². The zero-order valence-electron chi connectivity index (χ0n) is 13.7. The van der Waals surface area contributed by atoms with E-state index in [9.17, 15) is 13.2 Å². The second-order valence-corrected chi connectivity index (χ2v) is 6.22. The van der Waals surface area contributed by atoms with E-state index in [1.54, 1.807) is 24.3 Å². The average molecular weight is 363 g/mol. The molecule has 0 aliphatic heterocycles. The van der Waals surface area contributed by atoms with Crippen molar-refractivity contribution in [1.29, 1.82) is 0 Å². The number of hydrogen-bond donors (Lipinski definition) is 2. The molecular formula is C18H21NO5S. The van der Waals surface area contributed by atoms with Crippen LogP contribution >= 0.6 is 0 Å². The van der Waals surface area contributed by atoms with Crippen LogP contribution in [0.4, 0.5) is 0 Å². The van der Waals surface area contributed by atoms with Crippen molar-refractivity contribution in [1.82, 2.24) is 0 Å². The number of carbonyl (C=O) groups excluding carboxylic acids is 1. The van der Waals surface area contributed by atoms with Crippen molar-refractivity contribution in [3.63, 3.8) is 0 Å². The Hall–Kier alpha value is -2.06. The number of ether oxygens (including phenoxy) is 1. The molecule has 0 aliphatic carbocycles. The third-order valence-corrected chi connectivity index (χ3v) is 3.91. The van der Waals surface area contributed by atoms with Crippen molar-refractivity contribution in [3.05, 3.63) is 71.3 Å². The zero-order chi connectivity index (χ0) is 18.1. The maximum atomic E-state index is 12.3. The van der Waals surface area contributed by atoms with E-state index in [1.807, 2.05) is 30.3 Å². The quantitative estimate of drug-likeness (QED) is 0.379. The average Bonchev–Trinajstić information content (AvgIpc) is 2.64. The predicted molar refractivity (Wildman–Crippen MR) is 94.8 cm³/mol. The van der Waals surface area contributed by atoms with Gasteiger partial charge in [-0.25, -0.2) is 8.42 Å². The Labute approximate surface area is 148 Å². The second kappa shape index (κ2) is 10.0. The summed E-state index contributed by atoms with van der Waals surface area (Å²) in [5.74, 6) is -0.0178. The van der Waals surface area contributed by atoms with Gasteiger partial charge >= 0.3 is 0 Å². The monoisotopic (exact) mass is 363 g/mol. The number of rotatable bonds is 10. The Balaban J connectivity index is 1.76. The number of benzene rings is 2. The molecule has 2 aromatic rings. The van der Waals surface area contributed by atoms with Crippen molar-refractivity contribution < 1.29 is 22.1 Å². The Bertz CT molecular complexity index is 736. The van der Waals surface area contributed by atoms with E-state index in [2.05, 4.69) is 4.18 Å². The summed E-state index contributed by atoms with van der Waals surface area (Å²) < 4.78 is 30.5. The third kappa shape index (κ3) is 6.75. The van der Waals surface area contributed by atoms with Gasteiger partial charge in [-0.15, -0.1) is 0 Å². The van der Waals surface area contributed by atoms with Crippen LogP contribution in [0, 0.1) is 0 Å². The summed E-state index contributed by atoms with van der Waals surface area (Å²) in [7, 11) is -2.86. The molecule has 1 unspecified atom stereocenters. The molecule has 0 saturated carbocycles. The summed E-state index contributed by atoms with van der Waals surface area (Å²) in [6.45, 7) is 0.742. The Kier molecular flexibility index (Phi) is 7.75. The van der Waals surface area contributed by atoms with Crippen LogP contribution < -0.4 is 5.73 Å². The van der Waals surface area contributed by atoms with Crippen LogP contribution in [0.3, 0.4) is 0 Å². The molecule has 7 heteroatoms. The van der Waals surface area contributed by atoms with Gasteiger partial charge in [0, 0.05) is 23.8 Å². The Morgan fingerprint density at radius 3 is 2.28 bits per heavy atom. The predicted octanol–water partition coefficient (Wildman–Crippen LogP) is 1.69. The fraction of sp³-hybridized carbons (Fsp3) is 0.278. The first-order chi connectivity index (χ1) is 12.1. The van der Waals surface area contributed by atoms with Gasteiger partial charge in [0.25, 0.3) is 11.0 Å². The molecule has 0 bridgehead atoms. The van der Waals surface area contributed by atoms with Crippen LogP contribution in [0.25, 0.3) is 0 Å². The van der Waals surface area contributed by atoms with Crippen molar-refractivity contribution in [2.45, 2.75) is 19.1 Å². The molecule has 0 aromatic heterocycles. The maximum absolute atomic E-state index is 12.3. The first-order valence-electron chi connectivity index (χ1n) is 7.85. The minimum absolute atomic E-state index is 0.0178. The van der Waals surface area contributed by atoms with E-state index in [1.165, 1.54) is 0 Å². The molecule has 0 radical (unpaired) electrons. The van der Waals surface area contributed by atoms with Gasteiger partial charge in [-0.3, -0.25) is 8.98 Å². The third-order valence-electron chi connectivity index (χ3n) is 3.55. The highest BCUT2D eigenvalue weighted by Gasteiger charge is 2.08. The van der Waals surface area contributed by atoms with Gasteiger partial charge in [0.2, 0.25) is 0 Å². The summed E-state index contributed by atoms with van der Waals surface area (Å²) in [4.78, 5) is 12.3. The molecule has 2 aromatic carbocycles. The largest absolute Gasteiger partial charge is 0.377 e. The van der Waals surface area contributed by atoms with Gasteiger partial charge in [-0.05, 0) is 12.0 Å². The number of ketones is 1. The maximum Gasteiger partial charge on any atom is 0.257 e. The van der Waals surface area contributed by atoms with E-state index in [0.29, 0.717) is 30.8 Å². The molecular weight excluding hydrogens is 342 g/mol. The first-order valence-corrected chi connectivity index (χ1v) is 8.95. The second-order valence-electron chi connectivity index (χ2n) is 5.51. The van der Waals surface area contributed by atoms with Crippen LogP contribution in [-0.4, -0.2) is 33.5 Å². The standard InChI is InChI=1S/C18H21NO5S/c19-17(13-24-25(21)22)10-11-23-12-14-6-8-16(9-7-14)18(20)15-4-2-1-3-5-15/h1-9,17,25H,10-13,19H2. The Morgan fingerprint density at radius 2 is 1.64 bits per heavy atom. The molecule has 0 amide bonds. The van der Waals surface area contributed by atoms with Crippen LogP contribution in [0.5, 0.6) is 0 Å². The zero-order valence-corrected chi connectivity index (χ0v) is 14.6. The van der Waals surface area contributed by atoms with Gasteiger partial charge in [-0.1, -0.05) is 54.6 Å².